The van der Waals surface area contributed by atoms with Gasteiger partial charge in [0.25, 0.3) is 0 Å². The van der Waals surface area contributed by atoms with Crippen molar-refractivity contribution in [2.75, 3.05) is 32.2 Å². The van der Waals surface area contributed by atoms with Crippen LogP contribution in [0.15, 0.2) is 90.2 Å². The third-order valence-corrected chi connectivity index (χ3v) is 8.13. The first-order chi connectivity index (χ1) is 21.0. The van der Waals surface area contributed by atoms with E-state index in [9.17, 15) is 9.00 Å². The van der Waals surface area contributed by atoms with E-state index in [4.69, 9.17) is 14.2 Å². The van der Waals surface area contributed by atoms with Crippen LogP contribution in [0, 0.1) is 0 Å². The first-order valence-electron chi connectivity index (χ1n) is 14.5. The molecular formula is C34H39N3O5S. The quantitative estimate of drug-likeness (QED) is 0.113. The Labute approximate surface area is 256 Å². The molecule has 8 nitrogen and oxygen atoms in total. The second-order valence-corrected chi connectivity index (χ2v) is 11.3. The maximum atomic E-state index is 12.8. The Morgan fingerprint density at radius 1 is 0.977 bits per heavy atom. The Hall–Kier alpha value is -4.21. The number of ether oxygens (including phenoxy) is 3. The maximum Gasteiger partial charge on any atom is 0.248 e. The summed E-state index contributed by atoms with van der Waals surface area (Å²) in [6, 6.07) is 20.8. The van der Waals surface area contributed by atoms with E-state index >= 15 is 0 Å². The van der Waals surface area contributed by atoms with E-state index in [0.717, 1.165) is 54.1 Å². The number of unbranched alkanes of at least 4 members (excludes halogenated alkanes) is 1. The Bertz CT molecular complexity index is 1510. The van der Waals surface area contributed by atoms with Crippen molar-refractivity contribution in [3.05, 3.63) is 96.6 Å². The Kier molecular flexibility index (Phi) is 12.1. The predicted octanol–water partition coefficient (Wildman–Crippen LogP) is 6.73. The van der Waals surface area contributed by atoms with Gasteiger partial charge in [0, 0.05) is 41.6 Å². The van der Waals surface area contributed by atoms with Crippen LogP contribution in [0.3, 0.4) is 0 Å². The number of anilines is 1. The minimum Gasteiger partial charge on any atom is -0.496 e. The molecule has 0 radical (unpaired) electrons. The summed E-state index contributed by atoms with van der Waals surface area (Å²) in [5, 5.41) is 2.86. The Morgan fingerprint density at radius 3 is 2.47 bits per heavy atom. The first-order valence-corrected chi connectivity index (χ1v) is 15.8. The van der Waals surface area contributed by atoms with E-state index in [1.807, 2.05) is 54.0 Å². The average molecular weight is 602 g/mol. The van der Waals surface area contributed by atoms with Crippen LogP contribution < -0.4 is 14.8 Å². The summed E-state index contributed by atoms with van der Waals surface area (Å²) in [7, 11) is 0.389. The minimum atomic E-state index is -1.21. The van der Waals surface area contributed by atoms with Crippen LogP contribution in [0.1, 0.15) is 37.9 Å². The zero-order valence-electron chi connectivity index (χ0n) is 25.0. The van der Waals surface area contributed by atoms with Crippen molar-refractivity contribution in [3.63, 3.8) is 0 Å². The molecule has 0 aliphatic rings. The fraction of sp³-hybridized carbons (Fsp3) is 0.294. The highest BCUT2D eigenvalue weighted by Crippen LogP contribution is 2.29. The number of rotatable bonds is 16. The van der Waals surface area contributed by atoms with Crippen molar-refractivity contribution in [1.82, 2.24) is 9.55 Å². The number of nitrogens with zero attached hydrogens (tertiary/aromatic N) is 2. The fourth-order valence-corrected chi connectivity index (χ4v) is 5.48. The molecule has 1 atom stereocenters. The van der Waals surface area contributed by atoms with Crippen LogP contribution in [-0.4, -0.2) is 46.6 Å². The number of nitrogens with one attached hydrogen (secondary N) is 1. The Morgan fingerprint density at radius 2 is 1.74 bits per heavy atom. The van der Waals surface area contributed by atoms with Gasteiger partial charge in [-0.2, -0.15) is 0 Å². The molecular weight excluding hydrogens is 562 g/mol. The van der Waals surface area contributed by atoms with Crippen LogP contribution in [-0.2, 0) is 32.6 Å². The number of benzene rings is 3. The minimum absolute atomic E-state index is 0.284. The van der Waals surface area contributed by atoms with Gasteiger partial charge >= 0.3 is 0 Å². The summed E-state index contributed by atoms with van der Waals surface area (Å²) in [5.74, 6) is 1.55. The van der Waals surface area contributed by atoms with E-state index in [1.165, 1.54) is 6.08 Å². The van der Waals surface area contributed by atoms with Crippen molar-refractivity contribution in [1.29, 1.82) is 0 Å². The molecule has 0 saturated heterocycles. The molecule has 0 spiro atoms. The molecule has 1 aromatic heterocycles. The number of hydrogen-bond donors (Lipinski definition) is 1. The second kappa shape index (κ2) is 16.4. The van der Waals surface area contributed by atoms with Gasteiger partial charge in [-0.1, -0.05) is 31.5 Å². The van der Waals surface area contributed by atoms with Crippen LogP contribution in [0.4, 0.5) is 5.69 Å². The van der Waals surface area contributed by atoms with Gasteiger partial charge < -0.3 is 24.1 Å². The number of aromatic nitrogens is 2. The second-order valence-electron chi connectivity index (χ2n) is 9.80. The van der Waals surface area contributed by atoms with E-state index in [-0.39, 0.29) is 5.91 Å². The molecule has 43 heavy (non-hydrogen) atoms. The van der Waals surface area contributed by atoms with Crippen molar-refractivity contribution in [3.8, 4) is 22.6 Å². The fourth-order valence-electron chi connectivity index (χ4n) is 4.36. The molecule has 1 amide bonds. The van der Waals surface area contributed by atoms with Gasteiger partial charge in [0.2, 0.25) is 5.91 Å². The van der Waals surface area contributed by atoms with Crippen molar-refractivity contribution < 1.29 is 23.2 Å². The normalized spacial score (nSPS) is 11.9. The molecule has 1 heterocycles. The largest absolute Gasteiger partial charge is 0.496 e. The molecule has 0 bridgehead atoms. The third-order valence-electron chi connectivity index (χ3n) is 6.77. The van der Waals surface area contributed by atoms with Gasteiger partial charge in [-0.15, -0.1) is 0 Å². The number of aryl methyl sites for hydroxylation is 1. The highest BCUT2D eigenvalue weighted by molar-refractivity contribution is 7.84. The predicted molar refractivity (Wildman–Crippen MR) is 172 cm³/mol. The number of imidazole rings is 1. The van der Waals surface area contributed by atoms with Crippen LogP contribution in [0.2, 0.25) is 0 Å². The smallest absolute Gasteiger partial charge is 0.248 e. The van der Waals surface area contributed by atoms with Gasteiger partial charge in [-0.25, -0.2) is 4.98 Å². The molecule has 0 fully saturated rings. The van der Waals surface area contributed by atoms with Gasteiger partial charge in [-0.3, -0.25) is 9.00 Å². The van der Waals surface area contributed by atoms with Gasteiger partial charge in [-0.05, 0) is 79.1 Å². The summed E-state index contributed by atoms with van der Waals surface area (Å²) in [6.07, 6.45) is 8.86. The number of amides is 1. The number of carbonyl (C=O) groups excluding carboxylic acids is 1. The number of hydrogen-bond acceptors (Lipinski definition) is 6. The van der Waals surface area contributed by atoms with E-state index in [1.54, 1.807) is 50.0 Å². The average Bonchev–Trinajstić information content (AvgIpc) is 3.49. The molecule has 4 rings (SSSR count). The lowest BCUT2D eigenvalue weighted by molar-refractivity contribution is -0.111. The highest BCUT2D eigenvalue weighted by atomic mass is 32.2. The highest BCUT2D eigenvalue weighted by Gasteiger charge is 2.10. The number of methoxy groups -OCH3 is 1. The van der Waals surface area contributed by atoms with Gasteiger partial charge in [0.1, 0.15) is 18.1 Å². The van der Waals surface area contributed by atoms with Gasteiger partial charge in [0.15, 0.2) is 0 Å². The monoisotopic (exact) mass is 601 g/mol. The summed E-state index contributed by atoms with van der Waals surface area (Å²) < 4.78 is 31.6. The molecule has 3 aromatic carbocycles. The van der Waals surface area contributed by atoms with Crippen LogP contribution >= 0.6 is 0 Å². The lowest BCUT2D eigenvalue weighted by atomic mass is 10.0. The standard InChI is InChI=1S/C34H39N3O5S/c1-4-6-19-41-20-21-42-31-13-7-26(8-14-31)27-9-17-33(40-3)28(22-27)10-18-34(38)36-29-11-15-32(16-12-29)43(39)24-30-23-35-25-37(30)5-2/h7-18,22-23,25H,4-6,19-21,24H2,1-3H3,(H,36,38)/b18-10-/t43-/m1/s1. The summed E-state index contributed by atoms with van der Waals surface area (Å²) >= 11 is 0. The SMILES string of the molecule is CCCCOCCOc1ccc(-c2ccc(OC)c(/C=C\C(=O)Nc3ccc([S@](=O)Cc4cncn4CC)cc3)c2)cc1. The molecule has 226 valence electrons. The van der Waals surface area contributed by atoms with Crippen LogP contribution in [0.25, 0.3) is 17.2 Å². The zero-order valence-corrected chi connectivity index (χ0v) is 25.8. The molecule has 4 aromatic rings. The summed E-state index contributed by atoms with van der Waals surface area (Å²) in [4.78, 5) is 17.5. The zero-order chi connectivity index (χ0) is 30.4. The molecule has 0 aliphatic carbocycles. The molecule has 1 N–H and O–H groups in total. The topological polar surface area (TPSA) is 91.7 Å². The first kappa shape index (κ1) is 31.7. The van der Waals surface area contributed by atoms with E-state index < -0.39 is 10.8 Å². The van der Waals surface area contributed by atoms with Gasteiger partial charge in [0.05, 0.1) is 42.3 Å². The molecule has 9 heteroatoms. The summed E-state index contributed by atoms with van der Waals surface area (Å²) in [6.45, 7) is 6.79. The van der Waals surface area contributed by atoms with Crippen molar-refractivity contribution >= 4 is 28.5 Å². The third kappa shape index (κ3) is 9.39. The molecule has 0 aliphatic heterocycles. The molecule has 0 unspecified atom stereocenters. The summed E-state index contributed by atoms with van der Waals surface area (Å²) in [5.41, 5.74) is 4.32. The lowest BCUT2D eigenvalue weighted by Crippen LogP contribution is -2.08. The van der Waals surface area contributed by atoms with Crippen LogP contribution in [0.5, 0.6) is 11.5 Å². The molecule has 0 saturated carbocycles. The maximum absolute atomic E-state index is 12.8. The number of carbonyl (C=O) groups is 1. The van der Waals surface area contributed by atoms with Crippen molar-refractivity contribution in [2.45, 2.75) is 43.9 Å². The van der Waals surface area contributed by atoms with Crippen molar-refractivity contribution in [2.24, 2.45) is 0 Å². The van der Waals surface area contributed by atoms with E-state index in [2.05, 4.69) is 17.2 Å². The lowest BCUT2D eigenvalue weighted by Gasteiger charge is -2.10. The van der Waals surface area contributed by atoms with E-state index in [0.29, 0.717) is 35.3 Å². The Balaban J connectivity index is 1.34.